The van der Waals surface area contributed by atoms with E-state index in [9.17, 15) is 13.2 Å². The molecule has 0 aliphatic heterocycles. The third-order valence-corrected chi connectivity index (χ3v) is 4.64. The molecular formula is C11H19N3O4S. The highest BCUT2D eigenvalue weighted by molar-refractivity contribution is 7.89. The monoisotopic (exact) mass is 289 g/mol. The summed E-state index contributed by atoms with van der Waals surface area (Å²) in [6, 6.07) is -0.369. The second-order valence-electron chi connectivity index (χ2n) is 4.46. The molecule has 0 saturated heterocycles. The van der Waals surface area contributed by atoms with Crippen LogP contribution in [0.15, 0.2) is 11.2 Å². The predicted molar refractivity (Wildman–Crippen MR) is 69.0 cm³/mol. The molecule has 0 bridgehead atoms. The summed E-state index contributed by atoms with van der Waals surface area (Å²) in [5.41, 5.74) is 0. The van der Waals surface area contributed by atoms with Gasteiger partial charge in [0.25, 0.3) is 10.0 Å². The fourth-order valence-corrected chi connectivity index (χ4v) is 3.12. The molecule has 0 spiro atoms. The number of nitrogens with zero attached hydrogens (tertiary/aromatic N) is 3. The number of carbonyl (C=O) groups is 1. The van der Waals surface area contributed by atoms with Crippen LogP contribution in [0.25, 0.3) is 0 Å². The number of hydrogen-bond acceptors (Lipinski definition) is 5. The fourth-order valence-electron chi connectivity index (χ4n) is 1.51. The van der Waals surface area contributed by atoms with Crippen LogP contribution in [0.3, 0.4) is 0 Å². The van der Waals surface area contributed by atoms with Crippen molar-refractivity contribution in [1.29, 1.82) is 0 Å². The van der Waals surface area contributed by atoms with Gasteiger partial charge in [0.15, 0.2) is 5.03 Å². The number of aryl methyl sites for hydroxylation is 2. The second kappa shape index (κ2) is 5.70. The van der Waals surface area contributed by atoms with Crippen LogP contribution in [0.4, 0.5) is 0 Å². The lowest BCUT2D eigenvalue weighted by atomic mass is 10.4. The van der Waals surface area contributed by atoms with Crippen molar-refractivity contribution in [3.05, 3.63) is 12.0 Å². The Hall–Kier alpha value is -1.41. The Balaban J connectivity index is 3.16. The summed E-state index contributed by atoms with van der Waals surface area (Å²) in [7, 11) is -0.876. The summed E-state index contributed by atoms with van der Waals surface area (Å²) in [6.45, 7) is 4.76. The van der Waals surface area contributed by atoms with Gasteiger partial charge in [-0.15, -0.1) is 0 Å². The van der Waals surface area contributed by atoms with Crippen LogP contribution in [-0.2, 0) is 26.6 Å². The zero-order valence-corrected chi connectivity index (χ0v) is 12.6. The lowest BCUT2D eigenvalue weighted by molar-refractivity contribution is -0.141. The maximum absolute atomic E-state index is 12.4. The van der Waals surface area contributed by atoms with Gasteiger partial charge in [0.05, 0.1) is 7.11 Å². The highest BCUT2D eigenvalue weighted by Gasteiger charge is 2.31. The number of sulfonamides is 1. The molecule has 1 rings (SSSR count). The first kappa shape index (κ1) is 15.6. The van der Waals surface area contributed by atoms with Gasteiger partial charge in [-0.2, -0.15) is 4.31 Å². The molecule has 1 heterocycles. The molecule has 0 saturated carbocycles. The van der Waals surface area contributed by atoms with Crippen molar-refractivity contribution < 1.29 is 17.9 Å². The smallest absolute Gasteiger partial charge is 0.321 e. The largest absolute Gasteiger partial charge is 0.468 e. The standard InChI is InChI=1S/C11H19N3O4S/c1-8(2)14(7-11(15)18-5)19(16,17)10-6-13(4)9(3)12-10/h6,8H,7H2,1-5H3. The minimum atomic E-state index is -3.81. The van der Waals surface area contributed by atoms with Crippen molar-refractivity contribution in [3.63, 3.8) is 0 Å². The molecule has 0 atom stereocenters. The zero-order chi connectivity index (χ0) is 14.8. The van der Waals surface area contributed by atoms with Gasteiger partial charge in [0, 0.05) is 19.3 Å². The Labute approximate surface area is 113 Å². The summed E-state index contributed by atoms with van der Waals surface area (Å²) >= 11 is 0. The average Bonchev–Trinajstić information content (AvgIpc) is 2.66. The summed E-state index contributed by atoms with van der Waals surface area (Å²) < 4.78 is 32.1. The molecule has 108 valence electrons. The van der Waals surface area contributed by atoms with Gasteiger partial charge >= 0.3 is 5.97 Å². The van der Waals surface area contributed by atoms with Crippen LogP contribution in [0, 0.1) is 6.92 Å². The van der Waals surface area contributed by atoms with E-state index in [4.69, 9.17) is 0 Å². The Morgan fingerprint density at radius 3 is 2.47 bits per heavy atom. The molecule has 7 nitrogen and oxygen atoms in total. The van der Waals surface area contributed by atoms with Crippen molar-refractivity contribution in [1.82, 2.24) is 13.9 Å². The van der Waals surface area contributed by atoms with E-state index in [1.54, 1.807) is 32.4 Å². The molecule has 0 aromatic carbocycles. The van der Waals surface area contributed by atoms with E-state index >= 15 is 0 Å². The van der Waals surface area contributed by atoms with E-state index in [1.165, 1.54) is 13.3 Å². The van der Waals surface area contributed by atoms with E-state index in [-0.39, 0.29) is 17.6 Å². The Morgan fingerprint density at radius 1 is 1.53 bits per heavy atom. The van der Waals surface area contributed by atoms with E-state index in [1.807, 2.05) is 0 Å². The number of esters is 1. The van der Waals surface area contributed by atoms with Crippen LogP contribution >= 0.6 is 0 Å². The lowest BCUT2D eigenvalue weighted by Gasteiger charge is -2.23. The first-order valence-electron chi connectivity index (χ1n) is 5.78. The van der Waals surface area contributed by atoms with Crippen molar-refractivity contribution in [2.24, 2.45) is 7.05 Å². The van der Waals surface area contributed by atoms with E-state index < -0.39 is 16.0 Å². The van der Waals surface area contributed by atoms with Crippen LogP contribution in [0.2, 0.25) is 0 Å². The topological polar surface area (TPSA) is 81.5 Å². The highest BCUT2D eigenvalue weighted by Crippen LogP contribution is 2.17. The molecular weight excluding hydrogens is 270 g/mol. The fraction of sp³-hybridized carbons (Fsp3) is 0.636. The second-order valence-corrected chi connectivity index (χ2v) is 6.29. The average molecular weight is 289 g/mol. The maximum atomic E-state index is 12.4. The van der Waals surface area contributed by atoms with Crippen LogP contribution in [0.1, 0.15) is 19.7 Å². The van der Waals surface area contributed by atoms with Gasteiger partial charge in [0.2, 0.25) is 0 Å². The first-order valence-corrected chi connectivity index (χ1v) is 7.22. The number of carbonyl (C=O) groups excluding carboxylic acids is 1. The van der Waals surface area contributed by atoms with E-state index in [0.717, 1.165) is 4.31 Å². The third-order valence-electron chi connectivity index (χ3n) is 2.75. The zero-order valence-electron chi connectivity index (χ0n) is 11.7. The van der Waals surface area contributed by atoms with Gasteiger partial charge in [-0.05, 0) is 20.8 Å². The Bertz CT molecular complexity index is 543. The normalized spacial score (nSPS) is 12.2. The molecule has 19 heavy (non-hydrogen) atoms. The van der Waals surface area contributed by atoms with Crippen LogP contribution in [0.5, 0.6) is 0 Å². The number of methoxy groups -OCH3 is 1. The number of rotatable bonds is 5. The molecule has 0 amide bonds. The molecule has 0 fully saturated rings. The molecule has 1 aromatic heterocycles. The predicted octanol–water partition coefficient (Wildman–Crippen LogP) is 0.301. The number of hydrogen-bond donors (Lipinski definition) is 0. The molecule has 0 radical (unpaired) electrons. The van der Waals surface area contributed by atoms with Crippen molar-refractivity contribution >= 4 is 16.0 Å². The van der Waals surface area contributed by atoms with Crippen LogP contribution < -0.4 is 0 Å². The lowest BCUT2D eigenvalue weighted by Crippen LogP contribution is -2.41. The molecule has 0 aliphatic carbocycles. The molecule has 1 aromatic rings. The summed E-state index contributed by atoms with van der Waals surface area (Å²) in [5.74, 6) is -0.0229. The van der Waals surface area contributed by atoms with Gasteiger partial charge in [-0.3, -0.25) is 4.79 Å². The number of ether oxygens (including phenoxy) is 1. The molecule has 8 heteroatoms. The summed E-state index contributed by atoms with van der Waals surface area (Å²) in [6.07, 6.45) is 1.43. The quantitative estimate of drug-likeness (QED) is 0.728. The van der Waals surface area contributed by atoms with E-state index in [2.05, 4.69) is 9.72 Å². The summed E-state index contributed by atoms with van der Waals surface area (Å²) in [5, 5.41) is -0.0647. The van der Waals surface area contributed by atoms with Gasteiger partial charge in [0.1, 0.15) is 12.4 Å². The maximum Gasteiger partial charge on any atom is 0.321 e. The minimum absolute atomic E-state index is 0.0647. The molecule has 0 unspecified atom stereocenters. The minimum Gasteiger partial charge on any atom is -0.468 e. The Morgan fingerprint density at radius 2 is 2.11 bits per heavy atom. The first-order chi connectivity index (χ1) is 8.70. The molecule has 0 N–H and O–H groups in total. The van der Waals surface area contributed by atoms with Crippen LogP contribution in [-0.4, -0.2) is 47.9 Å². The third kappa shape index (κ3) is 3.32. The Kier molecular flexibility index (Phi) is 4.70. The molecule has 0 aliphatic rings. The van der Waals surface area contributed by atoms with Gasteiger partial charge in [-0.25, -0.2) is 13.4 Å². The SMILES string of the molecule is COC(=O)CN(C(C)C)S(=O)(=O)c1cn(C)c(C)n1. The van der Waals surface area contributed by atoms with Crippen molar-refractivity contribution in [2.45, 2.75) is 31.8 Å². The van der Waals surface area contributed by atoms with Gasteiger partial charge in [-0.1, -0.05) is 0 Å². The van der Waals surface area contributed by atoms with Crippen molar-refractivity contribution in [3.8, 4) is 0 Å². The van der Waals surface area contributed by atoms with E-state index in [0.29, 0.717) is 5.82 Å². The number of imidazole rings is 1. The summed E-state index contributed by atoms with van der Waals surface area (Å²) in [4.78, 5) is 15.3. The van der Waals surface area contributed by atoms with Crippen molar-refractivity contribution in [2.75, 3.05) is 13.7 Å². The van der Waals surface area contributed by atoms with Gasteiger partial charge < -0.3 is 9.30 Å². The number of aromatic nitrogens is 2. The highest BCUT2D eigenvalue weighted by atomic mass is 32.2.